The first-order chi connectivity index (χ1) is 9.98. The molecule has 0 aliphatic carbocycles. The van der Waals surface area contributed by atoms with Crippen LogP contribution in [0.3, 0.4) is 0 Å². The first-order valence-corrected chi connectivity index (χ1v) is 7.29. The van der Waals surface area contributed by atoms with Crippen molar-refractivity contribution < 1.29 is 17.8 Å². The minimum absolute atomic E-state index is 0.233. The van der Waals surface area contributed by atoms with Gasteiger partial charge in [-0.3, -0.25) is 4.79 Å². The zero-order valence-electron chi connectivity index (χ0n) is 10.5. The van der Waals surface area contributed by atoms with E-state index in [-0.39, 0.29) is 5.56 Å². The molecular weight excluding hydrogens is 294 g/mol. The lowest BCUT2D eigenvalue weighted by molar-refractivity contribution is 0.0944. The first kappa shape index (κ1) is 13.4. The summed E-state index contributed by atoms with van der Waals surface area (Å²) in [7, 11) is -4.76. The molecule has 106 valence electrons. The number of aromatic nitrogens is 3. The van der Waals surface area contributed by atoms with Crippen LogP contribution in [-0.4, -0.2) is 33.9 Å². The standard InChI is InChI=1S/C13H9N3O4S/c17-13(9-5-1-4-8-12(9)21(18,19)20)16-11-7-3-2-6-10(11)14-15-16/h1-8H,(H,18,19,20)/p-1. The average Bonchev–Trinajstić information content (AvgIpc) is 2.89. The Bertz CT molecular complexity index is 947. The van der Waals surface area contributed by atoms with E-state index < -0.39 is 20.9 Å². The van der Waals surface area contributed by atoms with E-state index in [1.165, 1.54) is 18.2 Å². The average molecular weight is 302 g/mol. The van der Waals surface area contributed by atoms with Crippen LogP contribution in [0.5, 0.6) is 0 Å². The Labute approximate surface area is 119 Å². The van der Waals surface area contributed by atoms with Gasteiger partial charge < -0.3 is 4.55 Å². The molecule has 7 nitrogen and oxygen atoms in total. The van der Waals surface area contributed by atoms with E-state index in [0.717, 1.165) is 10.7 Å². The maximum Gasteiger partial charge on any atom is 0.281 e. The molecule has 1 aromatic heterocycles. The lowest BCUT2D eigenvalue weighted by atomic mass is 10.2. The minimum atomic E-state index is -4.76. The third-order valence-electron chi connectivity index (χ3n) is 2.93. The second-order valence-electron chi connectivity index (χ2n) is 4.25. The normalized spacial score (nSPS) is 11.7. The summed E-state index contributed by atoms with van der Waals surface area (Å²) in [5.41, 5.74) is 0.692. The molecule has 0 saturated carbocycles. The van der Waals surface area contributed by atoms with Gasteiger partial charge in [-0.2, -0.15) is 4.68 Å². The summed E-state index contributed by atoms with van der Waals surface area (Å²) < 4.78 is 34.7. The molecule has 8 heteroatoms. The minimum Gasteiger partial charge on any atom is -0.744 e. The monoisotopic (exact) mass is 302 g/mol. The third kappa shape index (κ3) is 2.30. The summed E-state index contributed by atoms with van der Waals surface area (Å²) in [4.78, 5) is 11.9. The number of carbonyl (C=O) groups is 1. The van der Waals surface area contributed by atoms with E-state index in [4.69, 9.17) is 0 Å². The largest absolute Gasteiger partial charge is 0.744 e. The lowest BCUT2D eigenvalue weighted by Crippen LogP contribution is -2.17. The molecule has 0 aliphatic heterocycles. The number of para-hydroxylation sites is 1. The topological polar surface area (TPSA) is 105 Å². The van der Waals surface area contributed by atoms with Gasteiger partial charge in [0.25, 0.3) is 5.91 Å². The van der Waals surface area contributed by atoms with Crippen LogP contribution in [-0.2, 0) is 10.1 Å². The van der Waals surface area contributed by atoms with E-state index in [0.29, 0.717) is 11.0 Å². The van der Waals surface area contributed by atoms with Crippen LogP contribution < -0.4 is 0 Å². The molecule has 0 atom stereocenters. The molecule has 3 aromatic rings. The van der Waals surface area contributed by atoms with Crippen LogP contribution in [0, 0.1) is 0 Å². The van der Waals surface area contributed by atoms with Gasteiger partial charge in [0.05, 0.1) is 16.0 Å². The quantitative estimate of drug-likeness (QED) is 0.654. The smallest absolute Gasteiger partial charge is 0.281 e. The molecular formula is C13H8N3O4S-. The van der Waals surface area contributed by atoms with E-state index in [2.05, 4.69) is 10.3 Å². The van der Waals surface area contributed by atoms with Crippen molar-refractivity contribution in [3.05, 3.63) is 54.1 Å². The SMILES string of the molecule is O=C(c1ccccc1S(=O)(=O)[O-])n1nnc2ccccc21. The summed E-state index contributed by atoms with van der Waals surface area (Å²) in [6.07, 6.45) is 0. The van der Waals surface area contributed by atoms with Gasteiger partial charge in [0.15, 0.2) is 0 Å². The van der Waals surface area contributed by atoms with Crippen molar-refractivity contribution in [1.29, 1.82) is 0 Å². The fourth-order valence-corrected chi connectivity index (χ4v) is 2.66. The Hall–Kier alpha value is -2.58. The molecule has 0 amide bonds. The van der Waals surface area contributed by atoms with Gasteiger partial charge >= 0.3 is 0 Å². The fraction of sp³-hybridized carbons (Fsp3) is 0. The van der Waals surface area contributed by atoms with Crippen LogP contribution in [0.2, 0.25) is 0 Å². The molecule has 1 heterocycles. The maximum atomic E-state index is 12.4. The molecule has 2 aromatic carbocycles. The third-order valence-corrected chi connectivity index (χ3v) is 3.83. The number of fused-ring (bicyclic) bond motifs is 1. The second-order valence-corrected chi connectivity index (χ2v) is 5.59. The van der Waals surface area contributed by atoms with Gasteiger partial charge in [-0.1, -0.05) is 29.5 Å². The van der Waals surface area contributed by atoms with Gasteiger partial charge in [0.2, 0.25) is 0 Å². The predicted molar refractivity (Wildman–Crippen MR) is 71.7 cm³/mol. The molecule has 0 unspecified atom stereocenters. The number of carbonyl (C=O) groups excluding carboxylic acids is 1. The Morgan fingerprint density at radius 3 is 2.48 bits per heavy atom. The highest BCUT2D eigenvalue weighted by atomic mass is 32.2. The van der Waals surface area contributed by atoms with E-state index in [1.54, 1.807) is 24.3 Å². The summed E-state index contributed by atoms with van der Waals surface area (Å²) in [6, 6.07) is 11.9. The van der Waals surface area contributed by atoms with E-state index in [9.17, 15) is 17.8 Å². The van der Waals surface area contributed by atoms with Gasteiger partial charge in [0.1, 0.15) is 15.6 Å². The van der Waals surface area contributed by atoms with E-state index >= 15 is 0 Å². The Morgan fingerprint density at radius 1 is 1.05 bits per heavy atom. The molecule has 0 bridgehead atoms. The highest BCUT2D eigenvalue weighted by molar-refractivity contribution is 7.85. The Morgan fingerprint density at radius 2 is 1.71 bits per heavy atom. The molecule has 0 N–H and O–H groups in total. The zero-order valence-corrected chi connectivity index (χ0v) is 11.3. The highest BCUT2D eigenvalue weighted by Gasteiger charge is 2.19. The van der Waals surface area contributed by atoms with Crippen LogP contribution >= 0.6 is 0 Å². The van der Waals surface area contributed by atoms with Crippen molar-refractivity contribution in [2.45, 2.75) is 4.90 Å². The Kier molecular flexibility index (Phi) is 3.04. The molecule has 21 heavy (non-hydrogen) atoms. The summed E-state index contributed by atoms with van der Waals surface area (Å²) in [5, 5.41) is 7.54. The molecule has 0 aliphatic rings. The van der Waals surface area contributed by atoms with Crippen molar-refractivity contribution in [1.82, 2.24) is 15.0 Å². The summed E-state index contributed by atoms with van der Waals surface area (Å²) in [6.45, 7) is 0. The van der Waals surface area contributed by atoms with Gasteiger partial charge in [-0.05, 0) is 24.3 Å². The number of hydrogen-bond donors (Lipinski definition) is 0. The van der Waals surface area contributed by atoms with Gasteiger partial charge in [0, 0.05) is 0 Å². The van der Waals surface area contributed by atoms with Crippen LogP contribution in [0.1, 0.15) is 10.4 Å². The van der Waals surface area contributed by atoms with Gasteiger partial charge in [-0.25, -0.2) is 8.42 Å². The molecule has 3 rings (SSSR count). The zero-order chi connectivity index (χ0) is 15.0. The highest BCUT2D eigenvalue weighted by Crippen LogP contribution is 2.18. The fourth-order valence-electron chi connectivity index (χ4n) is 1.99. The van der Waals surface area contributed by atoms with Crippen LogP contribution in [0.25, 0.3) is 11.0 Å². The van der Waals surface area contributed by atoms with Crippen molar-refractivity contribution in [2.75, 3.05) is 0 Å². The number of hydrogen-bond acceptors (Lipinski definition) is 6. The molecule has 0 radical (unpaired) electrons. The summed E-state index contributed by atoms with van der Waals surface area (Å²) >= 11 is 0. The van der Waals surface area contributed by atoms with Crippen molar-refractivity contribution in [3.8, 4) is 0 Å². The predicted octanol–water partition coefficient (Wildman–Crippen LogP) is 1.02. The van der Waals surface area contributed by atoms with E-state index in [1.807, 2.05) is 0 Å². The number of rotatable bonds is 2. The number of nitrogens with zero attached hydrogens (tertiary/aromatic N) is 3. The van der Waals surface area contributed by atoms with Gasteiger partial charge in [-0.15, -0.1) is 5.10 Å². The molecule has 0 saturated heterocycles. The first-order valence-electron chi connectivity index (χ1n) is 5.88. The van der Waals surface area contributed by atoms with Crippen molar-refractivity contribution >= 4 is 27.1 Å². The maximum absolute atomic E-state index is 12.4. The van der Waals surface area contributed by atoms with Crippen LogP contribution in [0.4, 0.5) is 0 Å². The second kappa shape index (κ2) is 4.76. The number of benzene rings is 2. The lowest BCUT2D eigenvalue weighted by Gasteiger charge is -2.11. The van der Waals surface area contributed by atoms with Crippen molar-refractivity contribution in [2.24, 2.45) is 0 Å². The molecule has 0 fully saturated rings. The van der Waals surface area contributed by atoms with Crippen LogP contribution in [0.15, 0.2) is 53.4 Å². The Balaban J connectivity index is 2.20. The molecule has 0 spiro atoms. The van der Waals surface area contributed by atoms with Crippen molar-refractivity contribution in [3.63, 3.8) is 0 Å². The summed E-state index contributed by atoms with van der Waals surface area (Å²) in [5.74, 6) is -0.723.